The molecule has 0 aromatic heterocycles. The van der Waals surface area contributed by atoms with E-state index in [1.165, 1.54) is 0 Å². The van der Waals surface area contributed by atoms with Gasteiger partial charge in [0.2, 0.25) is 0 Å². The minimum Gasteiger partial charge on any atom is -0.508 e. The van der Waals surface area contributed by atoms with Crippen LogP contribution in [-0.2, 0) is 6.42 Å². The Labute approximate surface area is 88.7 Å². The Bertz CT molecular complexity index is 393. The third-order valence-corrected chi connectivity index (χ3v) is 2.86. The molecule has 1 N–H and O–H groups in total. The van der Waals surface area contributed by atoms with Gasteiger partial charge in [0.1, 0.15) is 5.75 Å². The fourth-order valence-electron chi connectivity index (χ4n) is 1.47. The molecule has 0 saturated heterocycles. The highest BCUT2D eigenvalue weighted by atomic mass is 35.5. The summed E-state index contributed by atoms with van der Waals surface area (Å²) in [6, 6.07) is 3.69. The van der Waals surface area contributed by atoms with Crippen molar-refractivity contribution in [2.24, 2.45) is 0 Å². The van der Waals surface area contributed by atoms with E-state index >= 15 is 0 Å². The molecule has 0 aliphatic carbocycles. The van der Waals surface area contributed by atoms with E-state index in [0.29, 0.717) is 17.9 Å². The van der Waals surface area contributed by atoms with E-state index < -0.39 is 0 Å². The fraction of sp³-hybridized carbons (Fsp3) is 0.364. The van der Waals surface area contributed by atoms with Gasteiger partial charge in [0.25, 0.3) is 0 Å². The number of benzene rings is 1. The highest BCUT2D eigenvalue weighted by Crippen LogP contribution is 2.31. The largest absolute Gasteiger partial charge is 0.508 e. The van der Waals surface area contributed by atoms with Gasteiger partial charge in [-0.25, -0.2) is 0 Å². The first-order chi connectivity index (χ1) is 6.57. The van der Waals surface area contributed by atoms with E-state index in [-0.39, 0.29) is 5.75 Å². The standard InChI is InChI=1S/C11H12ClNO/c1-7-6-10(14)9(4-3-5-13)8(2)11(7)12/h6,14H,3-4H2,1-2H3. The zero-order chi connectivity index (χ0) is 10.7. The van der Waals surface area contributed by atoms with Gasteiger partial charge in [-0.2, -0.15) is 5.26 Å². The van der Waals surface area contributed by atoms with Gasteiger partial charge < -0.3 is 5.11 Å². The molecule has 0 bridgehead atoms. The summed E-state index contributed by atoms with van der Waals surface area (Å²) >= 11 is 6.04. The van der Waals surface area contributed by atoms with Crippen molar-refractivity contribution < 1.29 is 5.11 Å². The molecule has 0 unspecified atom stereocenters. The van der Waals surface area contributed by atoms with Crippen molar-refractivity contribution in [1.29, 1.82) is 5.26 Å². The zero-order valence-electron chi connectivity index (χ0n) is 8.26. The predicted octanol–water partition coefficient (Wildman–Crippen LogP) is 3.12. The summed E-state index contributed by atoms with van der Waals surface area (Å²) in [4.78, 5) is 0. The maximum absolute atomic E-state index is 9.66. The van der Waals surface area contributed by atoms with Crippen molar-refractivity contribution in [3.63, 3.8) is 0 Å². The zero-order valence-corrected chi connectivity index (χ0v) is 9.02. The molecular formula is C11H12ClNO. The van der Waals surface area contributed by atoms with Crippen molar-refractivity contribution in [3.8, 4) is 11.8 Å². The molecular weight excluding hydrogens is 198 g/mol. The first kappa shape index (κ1) is 10.9. The molecule has 0 spiro atoms. The molecule has 0 amide bonds. The van der Waals surface area contributed by atoms with Crippen molar-refractivity contribution in [3.05, 3.63) is 27.8 Å². The van der Waals surface area contributed by atoms with E-state index in [2.05, 4.69) is 6.07 Å². The second kappa shape index (κ2) is 4.34. The van der Waals surface area contributed by atoms with Crippen LogP contribution in [-0.4, -0.2) is 5.11 Å². The van der Waals surface area contributed by atoms with Gasteiger partial charge in [-0.15, -0.1) is 0 Å². The van der Waals surface area contributed by atoms with Crippen molar-refractivity contribution in [1.82, 2.24) is 0 Å². The van der Waals surface area contributed by atoms with Crippen LogP contribution in [0.15, 0.2) is 6.07 Å². The average Bonchev–Trinajstić information content (AvgIpc) is 2.14. The molecule has 74 valence electrons. The van der Waals surface area contributed by atoms with Gasteiger partial charge >= 0.3 is 0 Å². The van der Waals surface area contributed by atoms with Crippen LogP contribution in [0.3, 0.4) is 0 Å². The van der Waals surface area contributed by atoms with Crippen LogP contribution in [0, 0.1) is 25.2 Å². The number of nitriles is 1. The Hall–Kier alpha value is -1.20. The maximum atomic E-state index is 9.66. The summed E-state index contributed by atoms with van der Waals surface area (Å²) < 4.78 is 0. The lowest BCUT2D eigenvalue weighted by molar-refractivity contribution is 0.467. The Kier molecular flexibility index (Phi) is 3.38. The monoisotopic (exact) mass is 209 g/mol. The molecule has 1 aromatic rings. The SMILES string of the molecule is Cc1cc(O)c(CCC#N)c(C)c1Cl. The molecule has 0 fully saturated rings. The summed E-state index contributed by atoms with van der Waals surface area (Å²) in [5, 5.41) is 18.8. The van der Waals surface area contributed by atoms with E-state index in [1.807, 2.05) is 13.8 Å². The van der Waals surface area contributed by atoms with E-state index in [9.17, 15) is 5.11 Å². The molecule has 0 saturated carbocycles. The third kappa shape index (κ3) is 2.00. The molecule has 0 atom stereocenters. The van der Waals surface area contributed by atoms with Gasteiger partial charge in [0.05, 0.1) is 6.07 Å². The van der Waals surface area contributed by atoms with Gasteiger partial charge in [-0.3, -0.25) is 0 Å². The lowest BCUT2D eigenvalue weighted by atomic mass is 10.0. The highest BCUT2D eigenvalue weighted by Gasteiger charge is 2.10. The average molecular weight is 210 g/mol. The molecule has 0 heterocycles. The molecule has 0 aliphatic heterocycles. The summed E-state index contributed by atoms with van der Waals surface area (Å²) in [7, 11) is 0. The van der Waals surface area contributed by atoms with Gasteiger partial charge in [-0.1, -0.05) is 11.6 Å². The van der Waals surface area contributed by atoms with Crippen LogP contribution in [0.5, 0.6) is 5.75 Å². The van der Waals surface area contributed by atoms with Crippen LogP contribution in [0.2, 0.25) is 5.02 Å². The van der Waals surface area contributed by atoms with Crippen LogP contribution >= 0.6 is 11.6 Å². The van der Waals surface area contributed by atoms with Crippen LogP contribution in [0.4, 0.5) is 0 Å². The van der Waals surface area contributed by atoms with E-state index in [0.717, 1.165) is 16.7 Å². The Balaban J connectivity index is 3.17. The summed E-state index contributed by atoms with van der Waals surface area (Å²) in [5.74, 6) is 0.236. The van der Waals surface area contributed by atoms with Crippen LogP contribution < -0.4 is 0 Å². The predicted molar refractivity (Wildman–Crippen MR) is 56.5 cm³/mol. The minimum absolute atomic E-state index is 0.236. The summed E-state index contributed by atoms with van der Waals surface area (Å²) in [6.45, 7) is 3.71. The number of aryl methyl sites for hydroxylation is 1. The van der Waals surface area contributed by atoms with Crippen LogP contribution in [0.1, 0.15) is 23.1 Å². The lowest BCUT2D eigenvalue weighted by Crippen LogP contribution is -1.93. The lowest BCUT2D eigenvalue weighted by Gasteiger charge is -2.10. The number of hydrogen-bond donors (Lipinski definition) is 1. The molecule has 0 radical (unpaired) electrons. The van der Waals surface area contributed by atoms with Crippen LogP contribution in [0.25, 0.3) is 0 Å². The normalized spacial score (nSPS) is 9.86. The Morgan fingerprint density at radius 1 is 1.50 bits per heavy atom. The van der Waals surface area contributed by atoms with Crippen molar-refractivity contribution in [2.45, 2.75) is 26.7 Å². The molecule has 2 nitrogen and oxygen atoms in total. The first-order valence-corrected chi connectivity index (χ1v) is 4.80. The molecule has 3 heteroatoms. The Morgan fingerprint density at radius 2 is 2.14 bits per heavy atom. The number of nitrogens with zero attached hydrogens (tertiary/aromatic N) is 1. The summed E-state index contributed by atoms with van der Waals surface area (Å²) in [6.07, 6.45) is 0.946. The molecule has 1 aromatic carbocycles. The van der Waals surface area contributed by atoms with Crippen molar-refractivity contribution in [2.75, 3.05) is 0 Å². The van der Waals surface area contributed by atoms with Gasteiger partial charge in [-0.05, 0) is 43.0 Å². The molecule has 14 heavy (non-hydrogen) atoms. The number of hydrogen-bond acceptors (Lipinski definition) is 2. The maximum Gasteiger partial charge on any atom is 0.119 e. The second-order valence-corrected chi connectivity index (χ2v) is 3.67. The van der Waals surface area contributed by atoms with Crippen molar-refractivity contribution >= 4 is 11.6 Å². The van der Waals surface area contributed by atoms with E-state index in [1.54, 1.807) is 6.07 Å². The minimum atomic E-state index is 0.236. The van der Waals surface area contributed by atoms with Gasteiger partial charge in [0, 0.05) is 11.4 Å². The number of halogens is 1. The number of rotatable bonds is 2. The topological polar surface area (TPSA) is 44.0 Å². The fourth-order valence-corrected chi connectivity index (χ4v) is 1.64. The summed E-state index contributed by atoms with van der Waals surface area (Å²) in [5.41, 5.74) is 2.52. The van der Waals surface area contributed by atoms with Gasteiger partial charge in [0.15, 0.2) is 0 Å². The molecule has 0 aliphatic rings. The van der Waals surface area contributed by atoms with E-state index in [4.69, 9.17) is 16.9 Å². The number of phenolic OH excluding ortho intramolecular Hbond substituents is 1. The first-order valence-electron chi connectivity index (χ1n) is 4.42. The Morgan fingerprint density at radius 3 is 2.71 bits per heavy atom. The third-order valence-electron chi connectivity index (χ3n) is 2.28. The quantitative estimate of drug-likeness (QED) is 0.814. The molecule has 1 rings (SSSR count). The second-order valence-electron chi connectivity index (χ2n) is 3.29. The number of phenols is 1. The number of aromatic hydroxyl groups is 1. The smallest absolute Gasteiger partial charge is 0.119 e. The highest BCUT2D eigenvalue weighted by molar-refractivity contribution is 6.32.